The van der Waals surface area contributed by atoms with Crippen LogP contribution >= 0.6 is 11.6 Å². The second-order valence-electron chi connectivity index (χ2n) is 2.82. The molecule has 1 nitrogen and oxygen atoms in total. The number of hydrogen-bond donors (Lipinski definition) is 0. The molecule has 0 heterocycles. The first-order valence-electron chi connectivity index (χ1n) is 4.38. The summed E-state index contributed by atoms with van der Waals surface area (Å²) in [7, 11) is 0. The lowest BCUT2D eigenvalue weighted by atomic mass is 10.3. The molecule has 1 aromatic rings. The van der Waals surface area contributed by atoms with Gasteiger partial charge in [0.1, 0.15) is 5.75 Å². The van der Waals surface area contributed by atoms with Crippen LogP contribution in [-0.2, 0) is 0 Å². The average Bonchev–Trinajstić information content (AvgIpc) is 2.18. The number of unbranched alkanes of at least 4 members (excludes halogenated alkanes) is 1. The standard InChI is InChI=1S/C10H11ClF2O/c11-5-1-2-6-14-8-3-4-9(12)10(13)7-8/h3-4,7H,1-2,5-6H2. The Bertz CT molecular complexity index is 291. The van der Waals surface area contributed by atoms with Crippen molar-refractivity contribution >= 4 is 11.6 Å². The van der Waals surface area contributed by atoms with Crippen molar-refractivity contribution < 1.29 is 13.5 Å². The number of halogens is 3. The second kappa shape index (κ2) is 5.81. The van der Waals surface area contributed by atoms with E-state index in [-0.39, 0.29) is 0 Å². The molecular weight excluding hydrogens is 210 g/mol. The maximum absolute atomic E-state index is 12.7. The fraction of sp³-hybridized carbons (Fsp3) is 0.400. The quantitative estimate of drug-likeness (QED) is 0.546. The van der Waals surface area contributed by atoms with Gasteiger partial charge >= 0.3 is 0 Å². The lowest BCUT2D eigenvalue weighted by Crippen LogP contribution is -1.98. The van der Waals surface area contributed by atoms with Gasteiger partial charge in [-0.3, -0.25) is 0 Å². The van der Waals surface area contributed by atoms with E-state index in [9.17, 15) is 8.78 Å². The Morgan fingerprint density at radius 1 is 1.14 bits per heavy atom. The highest BCUT2D eigenvalue weighted by Gasteiger charge is 2.02. The van der Waals surface area contributed by atoms with Gasteiger partial charge in [-0.15, -0.1) is 11.6 Å². The molecule has 0 fully saturated rings. The third-order valence-electron chi connectivity index (χ3n) is 1.69. The van der Waals surface area contributed by atoms with Crippen LogP contribution in [0.15, 0.2) is 18.2 Å². The summed E-state index contributed by atoms with van der Waals surface area (Å²) < 4.78 is 30.4. The van der Waals surface area contributed by atoms with Crippen LogP contribution in [0.5, 0.6) is 5.75 Å². The predicted molar refractivity (Wildman–Crippen MR) is 51.8 cm³/mol. The normalized spacial score (nSPS) is 10.2. The van der Waals surface area contributed by atoms with Gasteiger partial charge in [0.25, 0.3) is 0 Å². The van der Waals surface area contributed by atoms with E-state index < -0.39 is 11.6 Å². The zero-order valence-electron chi connectivity index (χ0n) is 7.60. The van der Waals surface area contributed by atoms with Gasteiger partial charge in [0.2, 0.25) is 0 Å². The van der Waals surface area contributed by atoms with E-state index in [4.69, 9.17) is 16.3 Å². The molecule has 0 spiro atoms. The van der Waals surface area contributed by atoms with Crippen LogP contribution in [0.1, 0.15) is 12.8 Å². The number of hydrogen-bond acceptors (Lipinski definition) is 1. The lowest BCUT2D eigenvalue weighted by molar-refractivity contribution is 0.307. The summed E-state index contributed by atoms with van der Waals surface area (Å²) in [5.41, 5.74) is 0. The minimum absolute atomic E-state index is 0.346. The Kier molecular flexibility index (Phi) is 4.66. The Morgan fingerprint density at radius 3 is 2.57 bits per heavy atom. The third-order valence-corrected chi connectivity index (χ3v) is 1.96. The smallest absolute Gasteiger partial charge is 0.162 e. The van der Waals surface area contributed by atoms with E-state index >= 15 is 0 Å². The molecule has 1 aromatic carbocycles. The minimum atomic E-state index is -0.889. The molecule has 1 rings (SSSR count). The molecule has 0 saturated heterocycles. The fourth-order valence-corrected chi connectivity index (χ4v) is 1.14. The Hall–Kier alpha value is -0.830. The van der Waals surface area contributed by atoms with Gasteiger partial charge in [-0.25, -0.2) is 8.78 Å². The molecule has 14 heavy (non-hydrogen) atoms. The zero-order chi connectivity index (χ0) is 10.4. The minimum Gasteiger partial charge on any atom is -0.493 e. The lowest BCUT2D eigenvalue weighted by Gasteiger charge is -2.05. The maximum atomic E-state index is 12.7. The SMILES string of the molecule is Fc1ccc(OCCCCCl)cc1F. The Morgan fingerprint density at radius 2 is 1.93 bits per heavy atom. The monoisotopic (exact) mass is 220 g/mol. The number of rotatable bonds is 5. The van der Waals surface area contributed by atoms with E-state index in [1.165, 1.54) is 6.07 Å². The van der Waals surface area contributed by atoms with Crippen LogP contribution in [0, 0.1) is 11.6 Å². The highest BCUT2D eigenvalue weighted by Crippen LogP contribution is 2.15. The Labute approximate surface area is 86.6 Å². The molecule has 0 radical (unpaired) electrons. The first kappa shape index (κ1) is 11.2. The van der Waals surface area contributed by atoms with Crippen LogP contribution in [-0.4, -0.2) is 12.5 Å². The summed E-state index contributed by atoms with van der Waals surface area (Å²) in [6.45, 7) is 0.470. The summed E-state index contributed by atoms with van der Waals surface area (Å²) in [5, 5.41) is 0. The van der Waals surface area contributed by atoms with Crippen molar-refractivity contribution in [3.05, 3.63) is 29.8 Å². The van der Waals surface area contributed by atoms with Crippen LogP contribution in [0.3, 0.4) is 0 Å². The summed E-state index contributed by atoms with van der Waals surface area (Å²) >= 11 is 5.46. The molecule has 0 aliphatic rings. The molecule has 0 N–H and O–H groups in total. The van der Waals surface area contributed by atoms with Crippen LogP contribution in [0.25, 0.3) is 0 Å². The van der Waals surface area contributed by atoms with E-state index in [0.29, 0.717) is 18.2 Å². The maximum Gasteiger partial charge on any atom is 0.162 e. The summed E-state index contributed by atoms with van der Waals surface area (Å²) in [6, 6.07) is 3.49. The van der Waals surface area contributed by atoms with E-state index in [0.717, 1.165) is 25.0 Å². The van der Waals surface area contributed by atoms with Crippen molar-refractivity contribution in [2.75, 3.05) is 12.5 Å². The first-order valence-corrected chi connectivity index (χ1v) is 4.91. The molecular formula is C10H11ClF2O. The first-order chi connectivity index (χ1) is 6.74. The van der Waals surface area contributed by atoms with Crippen LogP contribution in [0.2, 0.25) is 0 Å². The number of alkyl halides is 1. The van der Waals surface area contributed by atoms with Crippen LogP contribution < -0.4 is 4.74 Å². The molecule has 0 aliphatic heterocycles. The van der Waals surface area contributed by atoms with Crippen molar-refractivity contribution in [3.63, 3.8) is 0 Å². The van der Waals surface area contributed by atoms with Gasteiger partial charge in [-0.1, -0.05) is 0 Å². The average molecular weight is 221 g/mol. The topological polar surface area (TPSA) is 9.23 Å². The van der Waals surface area contributed by atoms with Crippen molar-refractivity contribution in [1.29, 1.82) is 0 Å². The van der Waals surface area contributed by atoms with Crippen molar-refractivity contribution in [2.24, 2.45) is 0 Å². The van der Waals surface area contributed by atoms with Crippen molar-refractivity contribution in [2.45, 2.75) is 12.8 Å². The van der Waals surface area contributed by atoms with Gasteiger partial charge in [-0.2, -0.15) is 0 Å². The zero-order valence-corrected chi connectivity index (χ0v) is 8.36. The largest absolute Gasteiger partial charge is 0.493 e. The number of benzene rings is 1. The van der Waals surface area contributed by atoms with E-state index in [1.807, 2.05) is 0 Å². The molecule has 0 atom stereocenters. The summed E-state index contributed by atoms with van der Waals surface area (Å²) in [4.78, 5) is 0. The summed E-state index contributed by atoms with van der Waals surface area (Å²) in [5.74, 6) is -0.822. The molecule has 0 saturated carbocycles. The fourth-order valence-electron chi connectivity index (χ4n) is 0.953. The highest BCUT2D eigenvalue weighted by molar-refractivity contribution is 6.17. The molecule has 0 unspecified atom stereocenters. The van der Waals surface area contributed by atoms with E-state index in [2.05, 4.69) is 0 Å². The molecule has 4 heteroatoms. The third kappa shape index (κ3) is 3.50. The molecule has 0 aliphatic carbocycles. The summed E-state index contributed by atoms with van der Waals surface area (Å²) in [6.07, 6.45) is 1.66. The molecule has 0 aromatic heterocycles. The molecule has 0 amide bonds. The van der Waals surface area contributed by atoms with Crippen molar-refractivity contribution in [1.82, 2.24) is 0 Å². The van der Waals surface area contributed by atoms with Gasteiger partial charge in [0.05, 0.1) is 6.61 Å². The van der Waals surface area contributed by atoms with Gasteiger partial charge in [0.15, 0.2) is 11.6 Å². The Balaban J connectivity index is 2.39. The highest BCUT2D eigenvalue weighted by atomic mass is 35.5. The van der Waals surface area contributed by atoms with Crippen molar-refractivity contribution in [3.8, 4) is 5.75 Å². The van der Waals surface area contributed by atoms with Gasteiger partial charge < -0.3 is 4.74 Å². The molecule has 78 valence electrons. The predicted octanol–water partition coefficient (Wildman–Crippen LogP) is 3.36. The van der Waals surface area contributed by atoms with Gasteiger partial charge in [0, 0.05) is 11.9 Å². The van der Waals surface area contributed by atoms with Gasteiger partial charge in [-0.05, 0) is 25.0 Å². The molecule has 0 bridgehead atoms. The van der Waals surface area contributed by atoms with E-state index in [1.54, 1.807) is 0 Å². The van der Waals surface area contributed by atoms with Crippen LogP contribution in [0.4, 0.5) is 8.78 Å². The number of ether oxygens (including phenoxy) is 1. The second-order valence-corrected chi connectivity index (χ2v) is 3.20.